The minimum absolute atomic E-state index is 0.0560. The van der Waals surface area contributed by atoms with Crippen LogP contribution in [0.15, 0.2) is 36.5 Å². The highest BCUT2D eigenvalue weighted by atomic mass is 15.1. The van der Waals surface area contributed by atoms with Gasteiger partial charge in [-0.2, -0.15) is 5.26 Å². The molecule has 1 aromatic carbocycles. The molecule has 1 aromatic heterocycles. The lowest BCUT2D eigenvalue weighted by Crippen LogP contribution is -2.09. The van der Waals surface area contributed by atoms with E-state index in [1.807, 2.05) is 37.3 Å². The standard InChI is InChI=1S/C14H15N3/c1-10-9-17(14(16)13(10)8-15)11(2)12-6-4-3-5-7-12/h3-7,9,11H,16H2,1-2H3/i9D. The number of nitriles is 1. The van der Waals surface area contributed by atoms with Crippen molar-refractivity contribution >= 4 is 5.82 Å². The number of hydrogen-bond donors (Lipinski definition) is 1. The van der Waals surface area contributed by atoms with E-state index in [2.05, 4.69) is 6.07 Å². The van der Waals surface area contributed by atoms with Gasteiger partial charge in [0.1, 0.15) is 11.9 Å². The molecule has 0 spiro atoms. The summed E-state index contributed by atoms with van der Waals surface area (Å²) in [5.41, 5.74) is 8.08. The van der Waals surface area contributed by atoms with E-state index in [-0.39, 0.29) is 6.04 Å². The number of anilines is 1. The molecule has 0 aliphatic heterocycles. The van der Waals surface area contributed by atoms with E-state index >= 15 is 0 Å². The summed E-state index contributed by atoms with van der Waals surface area (Å²) >= 11 is 0. The van der Waals surface area contributed by atoms with Crippen molar-refractivity contribution in [2.24, 2.45) is 0 Å². The molecule has 1 atom stereocenters. The predicted molar refractivity (Wildman–Crippen MR) is 68.6 cm³/mol. The molecule has 1 heterocycles. The number of nitrogens with two attached hydrogens (primary N) is 1. The summed E-state index contributed by atoms with van der Waals surface area (Å²) < 4.78 is 9.77. The molecule has 0 amide bonds. The van der Waals surface area contributed by atoms with Gasteiger partial charge in [-0.25, -0.2) is 0 Å². The summed E-state index contributed by atoms with van der Waals surface area (Å²) in [4.78, 5) is 0. The molecular formula is C14H15N3. The van der Waals surface area contributed by atoms with E-state index < -0.39 is 0 Å². The van der Waals surface area contributed by atoms with Gasteiger partial charge in [-0.3, -0.25) is 0 Å². The van der Waals surface area contributed by atoms with Gasteiger partial charge in [-0.15, -0.1) is 0 Å². The van der Waals surface area contributed by atoms with Gasteiger partial charge >= 0.3 is 0 Å². The van der Waals surface area contributed by atoms with Crippen LogP contribution in [-0.2, 0) is 0 Å². The molecule has 0 radical (unpaired) electrons. The Morgan fingerprint density at radius 2 is 2.06 bits per heavy atom. The van der Waals surface area contributed by atoms with Crippen LogP contribution in [0.2, 0.25) is 0 Å². The van der Waals surface area contributed by atoms with Crippen LogP contribution >= 0.6 is 0 Å². The third-order valence-corrected chi connectivity index (χ3v) is 2.96. The smallest absolute Gasteiger partial charge is 0.122 e. The molecule has 2 aromatic rings. The van der Waals surface area contributed by atoms with E-state index in [1.54, 1.807) is 11.5 Å². The van der Waals surface area contributed by atoms with Crippen LogP contribution in [0.5, 0.6) is 0 Å². The Hall–Kier alpha value is -2.21. The zero-order valence-electron chi connectivity index (χ0n) is 10.9. The van der Waals surface area contributed by atoms with Crippen molar-refractivity contribution in [2.45, 2.75) is 19.9 Å². The lowest BCUT2D eigenvalue weighted by molar-refractivity contribution is 0.650. The summed E-state index contributed by atoms with van der Waals surface area (Å²) in [6, 6.07) is 11.8. The van der Waals surface area contributed by atoms with E-state index in [0.29, 0.717) is 23.1 Å². The zero-order chi connectivity index (χ0) is 13.3. The summed E-state index contributed by atoms with van der Waals surface area (Å²) in [6.45, 7) is 3.73. The Morgan fingerprint density at radius 1 is 1.41 bits per heavy atom. The quantitative estimate of drug-likeness (QED) is 0.856. The molecule has 1 unspecified atom stereocenters. The van der Waals surface area contributed by atoms with Crippen molar-refractivity contribution in [3.63, 3.8) is 0 Å². The lowest BCUT2D eigenvalue weighted by atomic mass is 10.1. The van der Waals surface area contributed by atoms with Crippen LogP contribution in [0.25, 0.3) is 0 Å². The van der Waals surface area contributed by atoms with E-state index in [9.17, 15) is 0 Å². The summed E-state index contributed by atoms with van der Waals surface area (Å²) in [6.07, 6.45) is 0.306. The third kappa shape index (κ3) is 1.90. The number of hydrogen-bond acceptors (Lipinski definition) is 2. The minimum Gasteiger partial charge on any atom is -0.384 e. The van der Waals surface area contributed by atoms with Gasteiger partial charge < -0.3 is 10.3 Å². The molecule has 0 saturated heterocycles. The number of rotatable bonds is 2. The second-order valence-corrected chi connectivity index (χ2v) is 4.07. The Balaban J connectivity index is 2.57. The highest BCUT2D eigenvalue weighted by molar-refractivity contribution is 5.55. The van der Waals surface area contributed by atoms with E-state index in [1.165, 1.54) is 0 Å². The van der Waals surface area contributed by atoms with E-state index in [4.69, 9.17) is 12.4 Å². The van der Waals surface area contributed by atoms with Gasteiger partial charge in [0.25, 0.3) is 0 Å². The highest BCUT2D eigenvalue weighted by Gasteiger charge is 2.15. The molecule has 3 nitrogen and oxygen atoms in total. The molecule has 3 heteroatoms. The molecule has 2 rings (SSSR count). The Bertz CT molecular complexity index is 608. The molecule has 0 aliphatic carbocycles. The lowest BCUT2D eigenvalue weighted by Gasteiger charge is -2.16. The minimum atomic E-state index is -0.0560. The number of aromatic nitrogens is 1. The predicted octanol–water partition coefficient (Wildman–Crippen LogP) is 2.86. The second kappa shape index (κ2) is 4.34. The van der Waals surface area contributed by atoms with Crippen molar-refractivity contribution in [1.29, 1.82) is 5.26 Å². The first kappa shape index (κ1) is 9.98. The normalized spacial score (nSPS) is 12.9. The maximum Gasteiger partial charge on any atom is 0.122 e. The van der Waals surface area contributed by atoms with Crippen molar-refractivity contribution in [3.8, 4) is 6.07 Å². The average Bonchev–Trinajstić information content (AvgIpc) is 2.60. The van der Waals surface area contributed by atoms with Crippen LogP contribution in [0.1, 0.15) is 31.0 Å². The maximum atomic E-state index is 9.06. The fourth-order valence-corrected chi connectivity index (χ4v) is 1.94. The molecule has 0 fully saturated rings. The monoisotopic (exact) mass is 226 g/mol. The second-order valence-electron chi connectivity index (χ2n) is 4.07. The van der Waals surface area contributed by atoms with Crippen LogP contribution in [-0.4, -0.2) is 4.57 Å². The molecular weight excluding hydrogens is 210 g/mol. The Kier molecular flexibility index (Phi) is 2.55. The van der Waals surface area contributed by atoms with Crippen LogP contribution in [0, 0.1) is 18.3 Å². The van der Waals surface area contributed by atoms with Gasteiger partial charge in [0.2, 0.25) is 0 Å². The molecule has 2 N–H and O–H groups in total. The van der Waals surface area contributed by atoms with Crippen molar-refractivity contribution in [2.75, 3.05) is 5.73 Å². The van der Waals surface area contributed by atoms with Gasteiger partial charge in [-0.05, 0) is 25.0 Å². The fraction of sp³-hybridized carbons (Fsp3) is 0.214. The van der Waals surface area contributed by atoms with Crippen LogP contribution in [0.3, 0.4) is 0 Å². The van der Waals surface area contributed by atoms with Gasteiger partial charge in [0.15, 0.2) is 0 Å². The third-order valence-electron chi connectivity index (χ3n) is 2.96. The summed E-state index contributed by atoms with van der Waals surface area (Å²) in [7, 11) is 0. The van der Waals surface area contributed by atoms with Gasteiger partial charge in [0.05, 0.1) is 13.0 Å². The Morgan fingerprint density at radius 3 is 2.59 bits per heavy atom. The first-order chi connectivity index (χ1) is 8.57. The Labute approximate surface area is 103 Å². The number of nitrogens with zero attached hydrogens (tertiary/aromatic N) is 2. The zero-order valence-corrected chi connectivity index (χ0v) is 9.94. The summed E-state index contributed by atoms with van der Waals surface area (Å²) in [5, 5.41) is 9.06. The molecule has 0 bridgehead atoms. The highest BCUT2D eigenvalue weighted by Crippen LogP contribution is 2.26. The molecule has 0 aliphatic rings. The van der Waals surface area contributed by atoms with Gasteiger partial charge in [0, 0.05) is 6.17 Å². The molecule has 0 saturated carbocycles. The molecule has 17 heavy (non-hydrogen) atoms. The number of benzene rings is 1. The largest absolute Gasteiger partial charge is 0.384 e. The molecule has 86 valence electrons. The fourth-order valence-electron chi connectivity index (χ4n) is 1.94. The summed E-state index contributed by atoms with van der Waals surface area (Å²) in [5.74, 6) is 0.372. The van der Waals surface area contributed by atoms with Crippen molar-refractivity contribution < 1.29 is 1.37 Å². The van der Waals surface area contributed by atoms with Crippen molar-refractivity contribution in [1.82, 2.24) is 4.57 Å². The number of nitrogen functional groups attached to an aromatic ring is 1. The first-order valence-electron chi connectivity index (χ1n) is 5.99. The van der Waals surface area contributed by atoms with E-state index in [0.717, 1.165) is 5.56 Å². The van der Waals surface area contributed by atoms with Crippen molar-refractivity contribution in [3.05, 3.63) is 53.2 Å². The maximum absolute atomic E-state index is 9.06. The SMILES string of the molecule is [2H]c1c(C)c(C#N)c(N)n1C(C)c1ccccc1. The van der Waals surface area contributed by atoms with Crippen LogP contribution in [0.4, 0.5) is 5.82 Å². The first-order valence-corrected chi connectivity index (χ1v) is 5.49. The van der Waals surface area contributed by atoms with Gasteiger partial charge in [-0.1, -0.05) is 30.3 Å². The topological polar surface area (TPSA) is 54.7 Å². The van der Waals surface area contributed by atoms with Crippen LogP contribution < -0.4 is 5.73 Å². The average molecular weight is 226 g/mol.